The van der Waals surface area contributed by atoms with Gasteiger partial charge in [-0.1, -0.05) is 42.5 Å². The molecule has 2 N–H and O–H groups in total. The summed E-state index contributed by atoms with van der Waals surface area (Å²) in [7, 11) is 1.74. The zero-order chi connectivity index (χ0) is 20.5. The van der Waals surface area contributed by atoms with E-state index in [1.807, 2.05) is 13.0 Å². The van der Waals surface area contributed by atoms with Gasteiger partial charge in [-0.15, -0.1) is 24.0 Å². The summed E-state index contributed by atoms with van der Waals surface area (Å²) in [6.45, 7) is 3.97. The Bertz CT molecular complexity index is 791. The molecule has 0 bridgehead atoms. The fraction of sp³-hybridized carbons (Fsp3) is 0.435. The highest BCUT2D eigenvalue weighted by molar-refractivity contribution is 14.0. The standard InChI is InChI=1S/C23H30FN3O2.HI/c1-17(29-21-13-7-6-12-20(21)24)15-26-23(25-2)27-16-19-11-8-14-28-22(19)18-9-4-3-5-10-18;/h3-7,9-10,12-13,17,19,22H,8,11,14-16H2,1-2H3,(H2,25,26,27);1H. The summed E-state index contributed by atoms with van der Waals surface area (Å²) in [5.74, 6) is 0.976. The molecule has 0 radical (unpaired) electrons. The van der Waals surface area contributed by atoms with E-state index in [0.29, 0.717) is 18.4 Å². The average molecular weight is 527 g/mol. The van der Waals surface area contributed by atoms with Crippen molar-refractivity contribution in [1.29, 1.82) is 0 Å². The van der Waals surface area contributed by atoms with Gasteiger partial charge in [-0.05, 0) is 37.5 Å². The van der Waals surface area contributed by atoms with Crippen molar-refractivity contribution in [3.63, 3.8) is 0 Å². The van der Waals surface area contributed by atoms with E-state index in [2.05, 4.69) is 39.9 Å². The highest BCUT2D eigenvalue weighted by Gasteiger charge is 2.27. The maximum atomic E-state index is 13.7. The van der Waals surface area contributed by atoms with Crippen molar-refractivity contribution in [1.82, 2.24) is 10.6 Å². The van der Waals surface area contributed by atoms with E-state index in [0.717, 1.165) is 26.0 Å². The molecule has 1 fully saturated rings. The summed E-state index contributed by atoms with van der Waals surface area (Å²) in [5.41, 5.74) is 1.22. The monoisotopic (exact) mass is 527 g/mol. The molecule has 0 spiro atoms. The number of nitrogens with zero attached hydrogens (tertiary/aromatic N) is 1. The van der Waals surface area contributed by atoms with Gasteiger partial charge in [-0.3, -0.25) is 4.99 Å². The summed E-state index contributed by atoms with van der Waals surface area (Å²) in [4.78, 5) is 4.29. The molecule has 1 aliphatic heterocycles. The molecule has 3 rings (SSSR count). The summed E-state index contributed by atoms with van der Waals surface area (Å²) in [5, 5.41) is 6.65. The Morgan fingerprint density at radius 3 is 2.63 bits per heavy atom. The van der Waals surface area contributed by atoms with E-state index in [4.69, 9.17) is 9.47 Å². The quantitative estimate of drug-likeness (QED) is 0.316. The zero-order valence-corrected chi connectivity index (χ0v) is 19.8. The molecule has 1 heterocycles. The minimum absolute atomic E-state index is 0. The van der Waals surface area contributed by atoms with Crippen LogP contribution in [0, 0.1) is 11.7 Å². The van der Waals surface area contributed by atoms with Crippen molar-refractivity contribution < 1.29 is 13.9 Å². The van der Waals surface area contributed by atoms with Crippen LogP contribution in [0.15, 0.2) is 59.6 Å². The van der Waals surface area contributed by atoms with Gasteiger partial charge in [0, 0.05) is 26.1 Å². The van der Waals surface area contributed by atoms with Crippen molar-refractivity contribution in [3.8, 4) is 5.75 Å². The Hall–Kier alpha value is -1.87. The summed E-state index contributed by atoms with van der Waals surface area (Å²) in [6.07, 6.45) is 2.06. The Morgan fingerprint density at radius 1 is 1.17 bits per heavy atom. The van der Waals surface area contributed by atoms with Crippen molar-refractivity contribution in [2.24, 2.45) is 10.9 Å². The van der Waals surface area contributed by atoms with Crippen molar-refractivity contribution in [3.05, 3.63) is 66.0 Å². The van der Waals surface area contributed by atoms with Gasteiger partial charge in [-0.2, -0.15) is 0 Å². The minimum atomic E-state index is -0.355. The summed E-state index contributed by atoms with van der Waals surface area (Å²) in [6, 6.07) is 16.8. The molecule has 1 saturated heterocycles. The second kappa shape index (κ2) is 12.7. The summed E-state index contributed by atoms with van der Waals surface area (Å²) < 4.78 is 25.5. The SMILES string of the molecule is CN=C(NCC(C)Oc1ccccc1F)NCC1CCCOC1c1ccccc1.I. The van der Waals surface area contributed by atoms with E-state index in [1.165, 1.54) is 11.6 Å². The third-order valence-electron chi connectivity index (χ3n) is 5.05. The normalized spacial score (nSPS) is 20.0. The highest BCUT2D eigenvalue weighted by Crippen LogP contribution is 2.33. The van der Waals surface area contributed by atoms with E-state index < -0.39 is 0 Å². The third-order valence-corrected chi connectivity index (χ3v) is 5.05. The molecule has 7 heteroatoms. The smallest absolute Gasteiger partial charge is 0.191 e. The van der Waals surface area contributed by atoms with Gasteiger partial charge in [0.1, 0.15) is 6.10 Å². The Morgan fingerprint density at radius 2 is 1.90 bits per heavy atom. The number of halogens is 2. The van der Waals surface area contributed by atoms with Crippen LogP contribution in [0.2, 0.25) is 0 Å². The molecule has 3 atom stereocenters. The van der Waals surface area contributed by atoms with Crippen molar-refractivity contribution in [2.45, 2.75) is 32.0 Å². The number of guanidine groups is 1. The minimum Gasteiger partial charge on any atom is -0.486 e. The molecule has 0 aliphatic carbocycles. The molecule has 1 aliphatic rings. The molecule has 2 aromatic rings. The average Bonchev–Trinajstić information content (AvgIpc) is 2.76. The van der Waals surface area contributed by atoms with Crippen molar-refractivity contribution >= 4 is 29.9 Å². The number of para-hydroxylation sites is 1. The first-order valence-electron chi connectivity index (χ1n) is 10.2. The maximum absolute atomic E-state index is 13.7. The number of hydrogen-bond acceptors (Lipinski definition) is 3. The number of rotatable bonds is 7. The Labute approximate surface area is 195 Å². The molecule has 3 unspecified atom stereocenters. The van der Waals surface area contributed by atoms with E-state index >= 15 is 0 Å². The first-order valence-corrected chi connectivity index (χ1v) is 10.2. The first kappa shape index (κ1) is 24.4. The lowest BCUT2D eigenvalue weighted by Gasteiger charge is -2.32. The lowest BCUT2D eigenvalue weighted by molar-refractivity contribution is -0.0265. The van der Waals surface area contributed by atoms with Gasteiger partial charge in [0.05, 0.1) is 12.6 Å². The van der Waals surface area contributed by atoms with Crippen LogP contribution in [0.4, 0.5) is 4.39 Å². The topological polar surface area (TPSA) is 54.9 Å². The lowest BCUT2D eigenvalue weighted by Crippen LogP contribution is -2.44. The van der Waals surface area contributed by atoms with Gasteiger partial charge in [0.15, 0.2) is 17.5 Å². The lowest BCUT2D eigenvalue weighted by atomic mass is 9.89. The van der Waals surface area contributed by atoms with Crippen molar-refractivity contribution in [2.75, 3.05) is 26.7 Å². The van der Waals surface area contributed by atoms with E-state index in [1.54, 1.807) is 25.2 Å². The highest BCUT2D eigenvalue weighted by atomic mass is 127. The van der Waals surface area contributed by atoms with Crippen LogP contribution >= 0.6 is 24.0 Å². The van der Waals surface area contributed by atoms with Crippen LogP contribution in [0.5, 0.6) is 5.75 Å². The second-order valence-electron chi connectivity index (χ2n) is 7.30. The third kappa shape index (κ3) is 7.12. The van der Waals surface area contributed by atoms with Crippen LogP contribution < -0.4 is 15.4 Å². The van der Waals surface area contributed by atoms with Crippen LogP contribution in [-0.4, -0.2) is 38.8 Å². The van der Waals surface area contributed by atoms with Crippen LogP contribution in [0.3, 0.4) is 0 Å². The van der Waals surface area contributed by atoms with Gasteiger partial charge >= 0.3 is 0 Å². The number of aliphatic imine (C=N–C) groups is 1. The number of nitrogens with one attached hydrogen (secondary N) is 2. The zero-order valence-electron chi connectivity index (χ0n) is 17.5. The van der Waals surface area contributed by atoms with Crippen LogP contribution in [0.1, 0.15) is 31.4 Å². The predicted molar refractivity (Wildman–Crippen MR) is 129 cm³/mol. The Kier molecular flexibility index (Phi) is 10.4. The fourth-order valence-corrected chi connectivity index (χ4v) is 3.55. The second-order valence-corrected chi connectivity index (χ2v) is 7.30. The molecular weight excluding hydrogens is 496 g/mol. The molecule has 30 heavy (non-hydrogen) atoms. The van der Waals surface area contributed by atoms with E-state index in [9.17, 15) is 4.39 Å². The molecular formula is C23H31FIN3O2. The molecule has 0 amide bonds. The molecule has 164 valence electrons. The summed E-state index contributed by atoms with van der Waals surface area (Å²) >= 11 is 0. The van der Waals surface area contributed by atoms with Crippen LogP contribution in [-0.2, 0) is 4.74 Å². The van der Waals surface area contributed by atoms with E-state index in [-0.39, 0.29) is 47.8 Å². The first-order chi connectivity index (χ1) is 14.2. The number of ether oxygens (including phenoxy) is 2. The maximum Gasteiger partial charge on any atom is 0.191 e. The Balaban J connectivity index is 0.00000320. The molecule has 2 aromatic carbocycles. The number of hydrogen-bond donors (Lipinski definition) is 2. The molecule has 0 aromatic heterocycles. The van der Waals surface area contributed by atoms with Gasteiger partial charge in [0.2, 0.25) is 0 Å². The van der Waals surface area contributed by atoms with Gasteiger partial charge < -0.3 is 20.1 Å². The number of benzene rings is 2. The molecule has 5 nitrogen and oxygen atoms in total. The van der Waals surface area contributed by atoms with Gasteiger partial charge in [-0.25, -0.2) is 4.39 Å². The predicted octanol–water partition coefficient (Wildman–Crippen LogP) is 4.54. The van der Waals surface area contributed by atoms with Gasteiger partial charge in [0.25, 0.3) is 0 Å². The largest absolute Gasteiger partial charge is 0.486 e. The van der Waals surface area contributed by atoms with Crippen LogP contribution in [0.25, 0.3) is 0 Å². The fourth-order valence-electron chi connectivity index (χ4n) is 3.55. The molecule has 0 saturated carbocycles.